The Morgan fingerprint density at radius 1 is 1.50 bits per heavy atom. The third kappa shape index (κ3) is 2.60. The number of hydrogen-bond acceptors (Lipinski definition) is 2. The van der Waals surface area contributed by atoms with Crippen LogP contribution in [0.5, 0.6) is 0 Å². The molecular formula is C13H11ClN2O2. The fourth-order valence-electron chi connectivity index (χ4n) is 1.66. The van der Waals surface area contributed by atoms with E-state index in [9.17, 15) is 4.79 Å². The molecule has 1 N–H and O–H groups in total. The Labute approximate surface area is 109 Å². The van der Waals surface area contributed by atoms with Gasteiger partial charge in [-0.2, -0.15) is 0 Å². The van der Waals surface area contributed by atoms with Crippen molar-refractivity contribution in [3.05, 3.63) is 53.1 Å². The van der Waals surface area contributed by atoms with E-state index in [1.807, 2.05) is 11.5 Å². The average molecular weight is 263 g/mol. The van der Waals surface area contributed by atoms with Crippen LogP contribution in [0.25, 0.3) is 11.8 Å². The Morgan fingerprint density at radius 2 is 2.28 bits per heavy atom. The largest absolute Gasteiger partial charge is 0.478 e. The molecule has 0 radical (unpaired) electrons. The van der Waals surface area contributed by atoms with E-state index in [0.29, 0.717) is 5.02 Å². The van der Waals surface area contributed by atoms with Gasteiger partial charge in [-0.1, -0.05) is 17.7 Å². The maximum absolute atomic E-state index is 10.6. The van der Waals surface area contributed by atoms with Crippen LogP contribution < -0.4 is 0 Å². The highest BCUT2D eigenvalue weighted by Gasteiger charge is 2.06. The Kier molecular flexibility index (Phi) is 3.48. The van der Waals surface area contributed by atoms with E-state index in [-0.39, 0.29) is 0 Å². The highest BCUT2D eigenvalue weighted by molar-refractivity contribution is 6.30. The first kappa shape index (κ1) is 12.4. The molecule has 1 aromatic heterocycles. The first-order valence-electron chi connectivity index (χ1n) is 5.29. The number of benzene rings is 1. The lowest BCUT2D eigenvalue weighted by Gasteiger charge is -2.09. The number of aryl methyl sites for hydroxylation is 1. The van der Waals surface area contributed by atoms with Crippen molar-refractivity contribution in [2.45, 2.75) is 6.92 Å². The minimum atomic E-state index is -0.988. The summed E-state index contributed by atoms with van der Waals surface area (Å²) in [6.07, 6.45) is 6.12. The fraction of sp³-hybridized carbons (Fsp3) is 0.0769. The number of halogens is 1. The van der Waals surface area contributed by atoms with Crippen LogP contribution in [-0.2, 0) is 4.79 Å². The lowest BCUT2D eigenvalue weighted by atomic mass is 10.1. The molecule has 0 unspecified atom stereocenters. The van der Waals surface area contributed by atoms with E-state index in [2.05, 4.69) is 4.98 Å². The van der Waals surface area contributed by atoms with Gasteiger partial charge in [0.2, 0.25) is 0 Å². The molecule has 0 aliphatic rings. The van der Waals surface area contributed by atoms with Gasteiger partial charge in [0.1, 0.15) is 5.82 Å². The SMILES string of the molecule is Cc1nccn1-c1cc(Cl)ccc1/C=C/C(=O)O. The topological polar surface area (TPSA) is 55.1 Å². The number of carbonyl (C=O) groups is 1. The Morgan fingerprint density at radius 3 is 2.89 bits per heavy atom. The molecule has 0 saturated carbocycles. The molecule has 0 fully saturated rings. The van der Waals surface area contributed by atoms with Crippen LogP contribution in [0.15, 0.2) is 36.7 Å². The van der Waals surface area contributed by atoms with E-state index in [0.717, 1.165) is 23.2 Å². The number of aromatic nitrogens is 2. The summed E-state index contributed by atoms with van der Waals surface area (Å²) in [7, 11) is 0. The molecule has 4 nitrogen and oxygen atoms in total. The first-order chi connectivity index (χ1) is 8.58. The van der Waals surface area contributed by atoms with E-state index in [1.54, 1.807) is 30.6 Å². The summed E-state index contributed by atoms with van der Waals surface area (Å²) < 4.78 is 1.85. The number of carboxylic acids is 1. The average Bonchev–Trinajstić information content (AvgIpc) is 2.73. The number of rotatable bonds is 3. The zero-order valence-corrected chi connectivity index (χ0v) is 10.4. The smallest absolute Gasteiger partial charge is 0.328 e. The molecule has 0 bridgehead atoms. The molecular weight excluding hydrogens is 252 g/mol. The number of aliphatic carboxylic acids is 1. The molecule has 1 aromatic carbocycles. The second kappa shape index (κ2) is 5.06. The molecule has 2 aromatic rings. The zero-order chi connectivity index (χ0) is 13.1. The van der Waals surface area contributed by atoms with Crippen molar-refractivity contribution in [2.75, 3.05) is 0 Å². The van der Waals surface area contributed by atoms with Gasteiger partial charge in [-0.15, -0.1) is 0 Å². The van der Waals surface area contributed by atoms with Gasteiger partial charge in [-0.25, -0.2) is 9.78 Å². The Bertz CT molecular complexity index is 617. The zero-order valence-electron chi connectivity index (χ0n) is 9.67. The number of imidazole rings is 1. The predicted molar refractivity (Wildman–Crippen MR) is 70.0 cm³/mol. The van der Waals surface area contributed by atoms with Crippen molar-refractivity contribution < 1.29 is 9.90 Å². The quantitative estimate of drug-likeness (QED) is 0.866. The van der Waals surface area contributed by atoms with Crippen molar-refractivity contribution in [3.8, 4) is 5.69 Å². The normalized spacial score (nSPS) is 11.0. The Balaban J connectivity index is 2.54. The molecule has 0 atom stereocenters. The lowest BCUT2D eigenvalue weighted by molar-refractivity contribution is -0.131. The molecule has 0 aliphatic heterocycles. The van der Waals surface area contributed by atoms with Crippen LogP contribution in [0.4, 0.5) is 0 Å². The van der Waals surface area contributed by atoms with Gasteiger partial charge in [0, 0.05) is 23.5 Å². The molecule has 0 saturated heterocycles. The molecule has 92 valence electrons. The number of nitrogens with zero attached hydrogens (tertiary/aromatic N) is 2. The summed E-state index contributed by atoms with van der Waals surface area (Å²) in [6, 6.07) is 5.27. The third-order valence-corrected chi connectivity index (χ3v) is 2.72. The first-order valence-corrected chi connectivity index (χ1v) is 5.66. The summed E-state index contributed by atoms with van der Waals surface area (Å²) in [5.74, 6) is -0.180. The van der Waals surface area contributed by atoms with Crippen LogP contribution >= 0.6 is 11.6 Å². The van der Waals surface area contributed by atoms with E-state index in [1.165, 1.54) is 6.08 Å². The molecule has 0 spiro atoms. The highest BCUT2D eigenvalue weighted by atomic mass is 35.5. The molecule has 0 amide bonds. The van der Waals surface area contributed by atoms with Crippen molar-refractivity contribution in [3.63, 3.8) is 0 Å². The molecule has 1 heterocycles. The number of hydrogen-bond donors (Lipinski definition) is 1. The molecule has 0 aliphatic carbocycles. The highest BCUT2D eigenvalue weighted by Crippen LogP contribution is 2.22. The molecule has 5 heteroatoms. The van der Waals surface area contributed by atoms with Gasteiger partial charge in [-0.3, -0.25) is 0 Å². The van der Waals surface area contributed by atoms with Gasteiger partial charge in [0.15, 0.2) is 0 Å². The number of carboxylic acid groups (broad SMARTS) is 1. The van der Waals surface area contributed by atoms with E-state index >= 15 is 0 Å². The summed E-state index contributed by atoms with van der Waals surface area (Å²) in [4.78, 5) is 14.7. The summed E-state index contributed by atoms with van der Waals surface area (Å²) in [5.41, 5.74) is 1.57. The van der Waals surface area contributed by atoms with Crippen molar-refractivity contribution >= 4 is 23.6 Å². The summed E-state index contributed by atoms with van der Waals surface area (Å²) in [5, 5.41) is 9.26. The lowest BCUT2D eigenvalue weighted by Crippen LogP contribution is -1.98. The van der Waals surface area contributed by atoms with Crippen LogP contribution in [0.2, 0.25) is 5.02 Å². The van der Waals surface area contributed by atoms with Gasteiger partial charge in [0.25, 0.3) is 0 Å². The standard InChI is InChI=1S/C13H11ClN2O2/c1-9-15-6-7-16(9)12-8-11(14)4-2-10(12)3-5-13(17)18/h2-8H,1H3,(H,17,18)/b5-3+. The fourth-order valence-corrected chi connectivity index (χ4v) is 1.83. The molecule has 2 rings (SSSR count). The Hall–Kier alpha value is -2.07. The maximum Gasteiger partial charge on any atom is 0.328 e. The second-order valence-corrected chi connectivity index (χ2v) is 4.16. The van der Waals surface area contributed by atoms with Gasteiger partial charge >= 0.3 is 5.97 Å². The predicted octanol–water partition coefficient (Wildman–Crippen LogP) is 2.93. The van der Waals surface area contributed by atoms with Gasteiger partial charge < -0.3 is 9.67 Å². The van der Waals surface area contributed by atoms with Crippen molar-refractivity contribution in [1.29, 1.82) is 0 Å². The van der Waals surface area contributed by atoms with E-state index < -0.39 is 5.97 Å². The minimum absolute atomic E-state index is 0.588. The third-order valence-electron chi connectivity index (χ3n) is 2.48. The van der Waals surface area contributed by atoms with Crippen LogP contribution in [0.3, 0.4) is 0 Å². The molecule has 18 heavy (non-hydrogen) atoms. The maximum atomic E-state index is 10.6. The van der Waals surface area contributed by atoms with Crippen LogP contribution in [0, 0.1) is 6.92 Å². The minimum Gasteiger partial charge on any atom is -0.478 e. The van der Waals surface area contributed by atoms with Gasteiger partial charge in [-0.05, 0) is 30.7 Å². The monoisotopic (exact) mass is 262 g/mol. The van der Waals surface area contributed by atoms with Gasteiger partial charge in [0.05, 0.1) is 5.69 Å². The van der Waals surface area contributed by atoms with Crippen LogP contribution in [-0.4, -0.2) is 20.6 Å². The summed E-state index contributed by atoms with van der Waals surface area (Å²) in [6.45, 7) is 1.87. The van der Waals surface area contributed by atoms with Crippen molar-refractivity contribution in [2.24, 2.45) is 0 Å². The van der Waals surface area contributed by atoms with E-state index in [4.69, 9.17) is 16.7 Å². The van der Waals surface area contributed by atoms with Crippen LogP contribution in [0.1, 0.15) is 11.4 Å². The summed E-state index contributed by atoms with van der Waals surface area (Å²) >= 11 is 5.97. The second-order valence-electron chi connectivity index (χ2n) is 3.72. The van der Waals surface area contributed by atoms with Crippen molar-refractivity contribution in [1.82, 2.24) is 9.55 Å².